The summed E-state index contributed by atoms with van der Waals surface area (Å²) in [4.78, 5) is 0. The minimum atomic E-state index is 0.358. The fraction of sp³-hybridized carbons (Fsp3) is 0.455. The van der Waals surface area contributed by atoms with E-state index >= 15 is 0 Å². The Bertz CT molecular complexity index is 258. The molecule has 2 rings (SSSR count). The highest BCUT2D eigenvalue weighted by atomic mass is 16.5. The highest BCUT2D eigenvalue weighted by Crippen LogP contribution is 2.32. The van der Waals surface area contributed by atoms with E-state index in [0.717, 1.165) is 6.42 Å². The second kappa shape index (κ2) is 3.28. The first-order chi connectivity index (χ1) is 5.92. The summed E-state index contributed by atoms with van der Waals surface area (Å²) < 4.78 is 5.40. The molecule has 1 nitrogen and oxygen atoms in total. The normalized spacial score (nSPS) is 27.6. The summed E-state index contributed by atoms with van der Waals surface area (Å²) >= 11 is 0. The van der Waals surface area contributed by atoms with Crippen molar-refractivity contribution < 1.29 is 4.74 Å². The summed E-state index contributed by atoms with van der Waals surface area (Å²) in [6.45, 7) is 0. The average molecular weight is 162 g/mol. The molecule has 0 radical (unpaired) electrons. The van der Waals surface area contributed by atoms with E-state index in [1.807, 2.05) is 0 Å². The summed E-state index contributed by atoms with van der Waals surface area (Å²) in [6, 6.07) is 0. The van der Waals surface area contributed by atoms with Crippen molar-refractivity contribution in [1.29, 1.82) is 0 Å². The van der Waals surface area contributed by atoms with Gasteiger partial charge in [-0.3, -0.25) is 0 Å². The van der Waals surface area contributed by atoms with Crippen LogP contribution in [0.2, 0.25) is 0 Å². The number of ether oxygens (including phenoxy) is 1. The first-order valence-electron chi connectivity index (χ1n) is 4.49. The molecule has 1 unspecified atom stereocenters. The molecule has 0 aromatic rings. The first-order valence-corrected chi connectivity index (χ1v) is 4.49. The lowest BCUT2D eigenvalue weighted by atomic mass is 10.1. The minimum Gasteiger partial charge on any atom is -0.377 e. The summed E-state index contributed by atoms with van der Waals surface area (Å²) in [5.41, 5.74) is 2.98. The highest BCUT2D eigenvalue weighted by molar-refractivity contribution is 5.38. The molecule has 0 amide bonds. The van der Waals surface area contributed by atoms with Gasteiger partial charge < -0.3 is 4.74 Å². The average Bonchev–Trinajstić information content (AvgIpc) is 2.33. The zero-order chi connectivity index (χ0) is 8.39. The predicted molar refractivity (Wildman–Crippen MR) is 50.0 cm³/mol. The van der Waals surface area contributed by atoms with Gasteiger partial charge in [-0.25, -0.2) is 0 Å². The van der Waals surface area contributed by atoms with Gasteiger partial charge >= 0.3 is 0 Å². The summed E-state index contributed by atoms with van der Waals surface area (Å²) in [6.07, 6.45) is 12.5. The lowest BCUT2D eigenvalue weighted by Gasteiger charge is -2.09. The SMILES string of the molecule is COC1CCC2=C1C=CC=CC2. The maximum atomic E-state index is 5.40. The van der Waals surface area contributed by atoms with Crippen molar-refractivity contribution >= 4 is 0 Å². The molecule has 0 bridgehead atoms. The van der Waals surface area contributed by atoms with Crippen LogP contribution in [-0.2, 0) is 4.74 Å². The Balaban J connectivity index is 2.26. The van der Waals surface area contributed by atoms with Gasteiger partial charge in [-0.1, -0.05) is 29.9 Å². The van der Waals surface area contributed by atoms with Gasteiger partial charge in [0.15, 0.2) is 0 Å². The van der Waals surface area contributed by atoms with Crippen LogP contribution in [-0.4, -0.2) is 13.2 Å². The number of methoxy groups -OCH3 is 1. The molecular weight excluding hydrogens is 148 g/mol. The Morgan fingerprint density at radius 1 is 1.42 bits per heavy atom. The lowest BCUT2D eigenvalue weighted by molar-refractivity contribution is 0.135. The number of rotatable bonds is 1. The van der Waals surface area contributed by atoms with E-state index in [9.17, 15) is 0 Å². The molecule has 0 saturated carbocycles. The predicted octanol–water partition coefficient (Wildman–Crippen LogP) is 2.61. The molecule has 12 heavy (non-hydrogen) atoms. The molecule has 0 aromatic carbocycles. The molecule has 1 atom stereocenters. The third kappa shape index (κ3) is 1.25. The molecule has 0 aliphatic heterocycles. The molecule has 0 fully saturated rings. The summed E-state index contributed by atoms with van der Waals surface area (Å²) in [7, 11) is 1.80. The Labute approximate surface area is 73.4 Å². The van der Waals surface area contributed by atoms with Crippen LogP contribution in [0.4, 0.5) is 0 Å². The van der Waals surface area contributed by atoms with Crippen molar-refractivity contribution in [3.63, 3.8) is 0 Å². The van der Waals surface area contributed by atoms with Crippen LogP contribution in [0.1, 0.15) is 19.3 Å². The van der Waals surface area contributed by atoms with Gasteiger partial charge in [0, 0.05) is 7.11 Å². The van der Waals surface area contributed by atoms with Crippen LogP contribution < -0.4 is 0 Å². The van der Waals surface area contributed by atoms with Gasteiger partial charge in [-0.2, -0.15) is 0 Å². The minimum absolute atomic E-state index is 0.358. The van der Waals surface area contributed by atoms with E-state index in [0.29, 0.717) is 6.10 Å². The Morgan fingerprint density at radius 2 is 2.33 bits per heavy atom. The van der Waals surface area contributed by atoms with Gasteiger partial charge in [0.1, 0.15) is 0 Å². The van der Waals surface area contributed by atoms with Crippen LogP contribution in [0.5, 0.6) is 0 Å². The summed E-state index contributed by atoms with van der Waals surface area (Å²) in [5.74, 6) is 0. The van der Waals surface area contributed by atoms with E-state index in [1.54, 1.807) is 12.7 Å². The molecule has 1 heteroatoms. The van der Waals surface area contributed by atoms with E-state index in [1.165, 1.54) is 18.4 Å². The fourth-order valence-corrected chi connectivity index (χ4v) is 1.97. The summed E-state index contributed by atoms with van der Waals surface area (Å²) in [5, 5.41) is 0. The third-order valence-corrected chi connectivity index (χ3v) is 2.64. The molecule has 0 aromatic heterocycles. The molecule has 2 aliphatic rings. The monoisotopic (exact) mass is 162 g/mol. The molecule has 2 aliphatic carbocycles. The standard InChI is InChI=1S/C11H14O/c1-12-11-8-7-9-5-3-2-4-6-10(9)11/h2-4,6,11H,5,7-8H2,1H3. The Hall–Kier alpha value is -0.820. The second-order valence-corrected chi connectivity index (χ2v) is 3.31. The maximum Gasteiger partial charge on any atom is 0.0823 e. The second-order valence-electron chi connectivity index (χ2n) is 3.31. The van der Waals surface area contributed by atoms with E-state index in [-0.39, 0.29) is 0 Å². The van der Waals surface area contributed by atoms with Crippen molar-refractivity contribution in [3.05, 3.63) is 35.5 Å². The van der Waals surface area contributed by atoms with Crippen molar-refractivity contribution in [3.8, 4) is 0 Å². The molecule has 0 heterocycles. The van der Waals surface area contributed by atoms with E-state index < -0.39 is 0 Å². The van der Waals surface area contributed by atoms with Crippen molar-refractivity contribution in [2.75, 3.05) is 7.11 Å². The van der Waals surface area contributed by atoms with Crippen molar-refractivity contribution in [2.45, 2.75) is 25.4 Å². The third-order valence-electron chi connectivity index (χ3n) is 2.64. The number of hydrogen-bond donors (Lipinski definition) is 0. The molecule has 0 N–H and O–H groups in total. The van der Waals surface area contributed by atoms with E-state index in [2.05, 4.69) is 24.3 Å². The topological polar surface area (TPSA) is 9.23 Å². The van der Waals surface area contributed by atoms with Gasteiger partial charge in [0.2, 0.25) is 0 Å². The van der Waals surface area contributed by atoms with Crippen LogP contribution in [0, 0.1) is 0 Å². The van der Waals surface area contributed by atoms with Crippen LogP contribution in [0.25, 0.3) is 0 Å². The highest BCUT2D eigenvalue weighted by Gasteiger charge is 2.22. The molecule has 64 valence electrons. The van der Waals surface area contributed by atoms with Gasteiger partial charge in [0.25, 0.3) is 0 Å². The molecular formula is C11H14O. The number of hydrogen-bond acceptors (Lipinski definition) is 1. The zero-order valence-electron chi connectivity index (χ0n) is 7.42. The first kappa shape index (κ1) is 7.81. The van der Waals surface area contributed by atoms with Crippen LogP contribution >= 0.6 is 0 Å². The quantitative estimate of drug-likeness (QED) is 0.576. The smallest absolute Gasteiger partial charge is 0.0823 e. The fourth-order valence-electron chi connectivity index (χ4n) is 1.97. The molecule has 0 spiro atoms. The number of allylic oxidation sites excluding steroid dienone is 4. The zero-order valence-corrected chi connectivity index (χ0v) is 7.42. The largest absolute Gasteiger partial charge is 0.377 e. The van der Waals surface area contributed by atoms with Crippen molar-refractivity contribution in [2.24, 2.45) is 0 Å². The van der Waals surface area contributed by atoms with Gasteiger partial charge in [0.05, 0.1) is 6.10 Å². The Kier molecular flexibility index (Phi) is 2.13. The van der Waals surface area contributed by atoms with Crippen LogP contribution in [0.15, 0.2) is 35.5 Å². The Morgan fingerprint density at radius 3 is 3.17 bits per heavy atom. The molecule has 0 saturated heterocycles. The van der Waals surface area contributed by atoms with Gasteiger partial charge in [-0.15, -0.1) is 0 Å². The van der Waals surface area contributed by atoms with Gasteiger partial charge in [-0.05, 0) is 24.8 Å². The van der Waals surface area contributed by atoms with Crippen LogP contribution in [0.3, 0.4) is 0 Å². The lowest BCUT2D eigenvalue weighted by Crippen LogP contribution is -2.07. The van der Waals surface area contributed by atoms with E-state index in [4.69, 9.17) is 4.74 Å². The van der Waals surface area contributed by atoms with Crippen molar-refractivity contribution in [1.82, 2.24) is 0 Å². The maximum absolute atomic E-state index is 5.40.